The number of hydrogen-bond acceptors (Lipinski definition) is 1. The molecule has 1 aromatic carbocycles. The quantitative estimate of drug-likeness (QED) is 0.580. The Morgan fingerprint density at radius 1 is 1.46 bits per heavy atom. The lowest BCUT2D eigenvalue weighted by Gasteiger charge is -1.93. The standard InChI is InChI=1S/C10H8BrFS/c11-9-5-4-8(7-10(9)12)3-1-2-6-13/h4-5,7,13H,2,6H2. The Labute approximate surface area is 91.1 Å². The van der Waals surface area contributed by atoms with Gasteiger partial charge in [0.2, 0.25) is 0 Å². The second-order valence-electron chi connectivity index (χ2n) is 2.40. The molecule has 13 heavy (non-hydrogen) atoms. The molecule has 0 fully saturated rings. The highest BCUT2D eigenvalue weighted by Crippen LogP contribution is 2.15. The minimum atomic E-state index is -0.280. The summed E-state index contributed by atoms with van der Waals surface area (Å²) in [4.78, 5) is 0. The highest BCUT2D eigenvalue weighted by Gasteiger charge is 1.97. The van der Waals surface area contributed by atoms with Crippen molar-refractivity contribution >= 4 is 28.6 Å². The summed E-state index contributed by atoms with van der Waals surface area (Å²) in [5.41, 5.74) is 0.697. The Bertz CT molecular complexity index is 352. The number of benzene rings is 1. The summed E-state index contributed by atoms with van der Waals surface area (Å²) in [6.07, 6.45) is 0.723. The molecule has 3 heteroatoms. The summed E-state index contributed by atoms with van der Waals surface area (Å²) in [5, 5.41) is 0. The molecule has 1 rings (SSSR count). The van der Waals surface area contributed by atoms with Crippen LogP contribution in [0.4, 0.5) is 4.39 Å². The number of hydrogen-bond donors (Lipinski definition) is 1. The molecule has 0 aliphatic carbocycles. The van der Waals surface area contributed by atoms with Crippen molar-refractivity contribution < 1.29 is 4.39 Å². The average molecular weight is 259 g/mol. The van der Waals surface area contributed by atoms with E-state index in [0.717, 1.165) is 12.2 Å². The zero-order chi connectivity index (χ0) is 9.68. The first-order valence-electron chi connectivity index (χ1n) is 3.79. The highest BCUT2D eigenvalue weighted by atomic mass is 79.9. The topological polar surface area (TPSA) is 0 Å². The van der Waals surface area contributed by atoms with Gasteiger partial charge in [-0.05, 0) is 34.1 Å². The molecule has 0 heterocycles. The van der Waals surface area contributed by atoms with Crippen LogP contribution in [0.15, 0.2) is 22.7 Å². The zero-order valence-corrected chi connectivity index (χ0v) is 9.33. The summed E-state index contributed by atoms with van der Waals surface area (Å²) in [6.45, 7) is 0. The summed E-state index contributed by atoms with van der Waals surface area (Å²) in [7, 11) is 0. The first-order valence-corrected chi connectivity index (χ1v) is 5.21. The number of rotatable bonds is 1. The van der Waals surface area contributed by atoms with E-state index in [1.807, 2.05) is 0 Å². The Hall–Kier alpha value is -0.460. The SMILES string of the molecule is Fc1cc(C#CCCS)ccc1Br. The van der Waals surface area contributed by atoms with Crippen molar-refractivity contribution in [3.63, 3.8) is 0 Å². The first kappa shape index (κ1) is 10.6. The minimum Gasteiger partial charge on any atom is -0.206 e. The zero-order valence-electron chi connectivity index (χ0n) is 6.85. The maximum absolute atomic E-state index is 13.0. The van der Waals surface area contributed by atoms with Gasteiger partial charge in [-0.3, -0.25) is 0 Å². The molecule has 0 saturated carbocycles. The summed E-state index contributed by atoms with van der Waals surface area (Å²) in [5.74, 6) is 6.19. The lowest BCUT2D eigenvalue weighted by Crippen LogP contribution is -1.80. The van der Waals surface area contributed by atoms with Gasteiger partial charge >= 0.3 is 0 Å². The molecule has 1 aromatic rings. The van der Waals surface area contributed by atoms with Crippen molar-refractivity contribution in [2.24, 2.45) is 0 Å². The summed E-state index contributed by atoms with van der Waals surface area (Å²) < 4.78 is 13.4. The summed E-state index contributed by atoms with van der Waals surface area (Å²) >= 11 is 7.10. The molecule has 0 atom stereocenters. The first-order chi connectivity index (χ1) is 6.24. The van der Waals surface area contributed by atoms with Crippen LogP contribution in [-0.4, -0.2) is 5.75 Å². The minimum absolute atomic E-state index is 0.280. The monoisotopic (exact) mass is 258 g/mol. The van der Waals surface area contributed by atoms with Gasteiger partial charge in [0.25, 0.3) is 0 Å². The van der Waals surface area contributed by atoms with E-state index in [4.69, 9.17) is 0 Å². The van der Waals surface area contributed by atoms with Gasteiger partial charge in [-0.2, -0.15) is 12.6 Å². The van der Waals surface area contributed by atoms with E-state index < -0.39 is 0 Å². The molecule has 0 spiro atoms. The van der Waals surface area contributed by atoms with Crippen LogP contribution < -0.4 is 0 Å². The van der Waals surface area contributed by atoms with Crippen LogP contribution in [-0.2, 0) is 0 Å². The van der Waals surface area contributed by atoms with Crippen LogP contribution in [0.5, 0.6) is 0 Å². The van der Waals surface area contributed by atoms with E-state index >= 15 is 0 Å². The molecule has 0 unspecified atom stereocenters. The van der Waals surface area contributed by atoms with Gasteiger partial charge in [-0.15, -0.1) is 0 Å². The predicted octanol–water partition coefficient (Wildman–Crippen LogP) is 3.26. The Morgan fingerprint density at radius 3 is 2.85 bits per heavy atom. The second-order valence-corrected chi connectivity index (χ2v) is 3.71. The lowest BCUT2D eigenvalue weighted by molar-refractivity contribution is 0.620. The highest BCUT2D eigenvalue weighted by molar-refractivity contribution is 9.10. The Balaban J connectivity index is 2.81. The van der Waals surface area contributed by atoms with Crippen LogP contribution in [0.1, 0.15) is 12.0 Å². The van der Waals surface area contributed by atoms with Gasteiger partial charge in [0.1, 0.15) is 5.82 Å². The van der Waals surface area contributed by atoms with Crippen LogP contribution in [0.25, 0.3) is 0 Å². The van der Waals surface area contributed by atoms with Crippen molar-refractivity contribution in [3.8, 4) is 11.8 Å². The molecule has 0 amide bonds. The molecule has 68 valence electrons. The fourth-order valence-corrected chi connectivity index (χ4v) is 1.15. The average Bonchev–Trinajstić information content (AvgIpc) is 2.12. The number of thiol groups is 1. The van der Waals surface area contributed by atoms with E-state index in [-0.39, 0.29) is 5.82 Å². The largest absolute Gasteiger partial charge is 0.206 e. The van der Waals surface area contributed by atoms with Crippen molar-refractivity contribution in [3.05, 3.63) is 34.1 Å². The lowest BCUT2D eigenvalue weighted by atomic mass is 10.2. The molecule has 0 radical (unpaired) electrons. The van der Waals surface area contributed by atoms with Gasteiger partial charge in [-0.1, -0.05) is 11.8 Å². The van der Waals surface area contributed by atoms with E-state index in [1.54, 1.807) is 12.1 Å². The van der Waals surface area contributed by atoms with Crippen LogP contribution >= 0.6 is 28.6 Å². The van der Waals surface area contributed by atoms with Crippen molar-refractivity contribution in [2.75, 3.05) is 5.75 Å². The molecule has 0 aliphatic heterocycles. The van der Waals surface area contributed by atoms with E-state index in [9.17, 15) is 4.39 Å². The van der Waals surface area contributed by atoms with E-state index in [2.05, 4.69) is 40.4 Å². The summed E-state index contributed by atoms with van der Waals surface area (Å²) in [6, 6.07) is 4.84. The maximum atomic E-state index is 13.0. The van der Waals surface area contributed by atoms with Gasteiger partial charge in [-0.25, -0.2) is 4.39 Å². The van der Waals surface area contributed by atoms with Crippen LogP contribution in [0, 0.1) is 17.7 Å². The fourth-order valence-electron chi connectivity index (χ4n) is 0.794. The second kappa shape index (κ2) is 5.31. The third kappa shape index (κ3) is 3.41. The molecular formula is C10H8BrFS. The molecule has 0 bridgehead atoms. The van der Waals surface area contributed by atoms with E-state index in [0.29, 0.717) is 10.0 Å². The molecule has 0 saturated heterocycles. The van der Waals surface area contributed by atoms with Crippen molar-refractivity contribution in [2.45, 2.75) is 6.42 Å². The van der Waals surface area contributed by atoms with Crippen LogP contribution in [0.2, 0.25) is 0 Å². The third-order valence-electron chi connectivity index (χ3n) is 1.39. The molecular weight excluding hydrogens is 251 g/mol. The third-order valence-corrected chi connectivity index (χ3v) is 2.26. The van der Waals surface area contributed by atoms with Gasteiger partial charge in [0.05, 0.1) is 4.47 Å². The maximum Gasteiger partial charge on any atom is 0.138 e. The number of halogens is 2. The van der Waals surface area contributed by atoms with Crippen molar-refractivity contribution in [1.82, 2.24) is 0 Å². The van der Waals surface area contributed by atoms with Gasteiger partial charge in [0.15, 0.2) is 0 Å². The molecule has 0 nitrogen and oxygen atoms in total. The molecule has 0 N–H and O–H groups in total. The fraction of sp³-hybridized carbons (Fsp3) is 0.200. The van der Waals surface area contributed by atoms with Crippen molar-refractivity contribution in [1.29, 1.82) is 0 Å². The Morgan fingerprint density at radius 2 is 2.23 bits per heavy atom. The van der Waals surface area contributed by atoms with E-state index in [1.165, 1.54) is 6.07 Å². The van der Waals surface area contributed by atoms with Gasteiger partial charge < -0.3 is 0 Å². The molecule has 0 aliphatic rings. The van der Waals surface area contributed by atoms with Crippen LogP contribution in [0.3, 0.4) is 0 Å². The molecule has 0 aromatic heterocycles. The Kier molecular flexibility index (Phi) is 4.34. The smallest absolute Gasteiger partial charge is 0.138 e. The van der Waals surface area contributed by atoms with Gasteiger partial charge in [0, 0.05) is 17.7 Å². The predicted molar refractivity (Wildman–Crippen MR) is 59.4 cm³/mol. The normalized spacial score (nSPS) is 9.15.